The molecule has 0 aromatic heterocycles. The highest BCUT2D eigenvalue weighted by molar-refractivity contribution is 14.1. The summed E-state index contributed by atoms with van der Waals surface area (Å²) in [5, 5.41) is 0. The summed E-state index contributed by atoms with van der Waals surface area (Å²) < 4.78 is 7.62. The average molecular weight is 322 g/mol. The van der Waals surface area contributed by atoms with Gasteiger partial charge in [0.15, 0.2) is 0 Å². The van der Waals surface area contributed by atoms with Crippen molar-refractivity contribution in [3.05, 3.63) is 0 Å². The lowest BCUT2D eigenvalue weighted by Crippen LogP contribution is -2.37. The second-order valence-electron chi connectivity index (χ2n) is 5.52. The topological polar surface area (TPSA) is 9.23 Å². The van der Waals surface area contributed by atoms with Crippen LogP contribution in [0.15, 0.2) is 0 Å². The van der Waals surface area contributed by atoms with E-state index in [2.05, 4.69) is 29.5 Å². The predicted molar refractivity (Wildman–Crippen MR) is 72.6 cm³/mol. The fourth-order valence-electron chi connectivity index (χ4n) is 3.00. The molecule has 0 amide bonds. The third-order valence-corrected chi connectivity index (χ3v) is 5.53. The zero-order valence-electron chi connectivity index (χ0n) is 9.80. The molecule has 1 nitrogen and oxygen atoms in total. The Bertz CT molecular complexity index is 191. The molecule has 2 saturated carbocycles. The van der Waals surface area contributed by atoms with E-state index in [-0.39, 0.29) is 5.60 Å². The molecule has 0 N–H and O–H groups in total. The van der Waals surface area contributed by atoms with Gasteiger partial charge in [-0.3, -0.25) is 0 Å². The van der Waals surface area contributed by atoms with Gasteiger partial charge in [0.2, 0.25) is 0 Å². The minimum atomic E-state index is 0.270. The van der Waals surface area contributed by atoms with Crippen molar-refractivity contribution in [3.8, 4) is 0 Å². The molecule has 0 heterocycles. The summed E-state index contributed by atoms with van der Waals surface area (Å²) in [6, 6.07) is 0. The van der Waals surface area contributed by atoms with Crippen LogP contribution < -0.4 is 0 Å². The molecule has 2 heteroatoms. The molecular formula is C13H23IO. The van der Waals surface area contributed by atoms with E-state index >= 15 is 0 Å². The number of rotatable bonds is 3. The zero-order valence-corrected chi connectivity index (χ0v) is 12.0. The van der Waals surface area contributed by atoms with E-state index in [1.807, 2.05) is 0 Å². The first-order valence-electron chi connectivity index (χ1n) is 6.48. The molecule has 0 bridgehead atoms. The molecule has 2 rings (SSSR count). The summed E-state index contributed by atoms with van der Waals surface area (Å²) in [6.45, 7) is 2.37. The molecule has 0 aromatic carbocycles. The summed E-state index contributed by atoms with van der Waals surface area (Å²) in [4.78, 5) is 0. The molecule has 0 spiro atoms. The largest absolute Gasteiger partial charge is 0.371 e. The van der Waals surface area contributed by atoms with E-state index < -0.39 is 0 Å². The first-order valence-corrected chi connectivity index (χ1v) is 8.00. The van der Waals surface area contributed by atoms with E-state index in [0.29, 0.717) is 6.10 Å². The SMILES string of the molecule is CC1CCC(OC2(CI)CCCC2)CC1. The minimum absolute atomic E-state index is 0.270. The third-order valence-electron chi connectivity index (χ3n) is 4.14. The van der Waals surface area contributed by atoms with Crippen LogP contribution in [-0.4, -0.2) is 16.1 Å². The second kappa shape index (κ2) is 5.35. The number of hydrogen-bond acceptors (Lipinski definition) is 1. The lowest BCUT2D eigenvalue weighted by Gasteiger charge is -2.35. The molecule has 15 heavy (non-hydrogen) atoms. The van der Waals surface area contributed by atoms with Crippen LogP contribution in [0.25, 0.3) is 0 Å². The standard InChI is InChI=1S/C13H23IO/c1-11-4-6-12(7-5-11)15-13(10-14)8-2-3-9-13/h11-12H,2-10H2,1H3. The van der Waals surface area contributed by atoms with Crippen molar-refractivity contribution in [2.24, 2.45) is 5.92 Å². The van der Waals surface area contributed by atoms with Gasteiger partial charge in [-0.15, -0.1) is 0 Å². The van der Waals surface area contributed by atoms with Crippen LogP contribution in [0.1, 0.15) is 58.3 Å². The normalized spacial score (nSPS) is 35.6. The van der Waals surface area contributed by atoms with E-state index in [9.17, 15) is 0 Å². The van der Waals surface area contributed by atoms with Gasteiger partial charge in [-0.1, -0.05) is 42.4 Å². The van der Waals surface area contributed by atoms with Crippen LogP contribution in [-0.2, 0) is 4.74 Å². The predicted octanol–water partition coefficient (Wildman–Crippen LogP) is 4.33. The van der Waals surface area contributed by atoms with Crippen molar-refractivity contribution in [2.45, 2.75) is 70.0 Å². The minimum Gasteiger partial charge on any atom is -0.371 e. The van der Waals surface area contributed by atoms with Gasteiger partial charge in [-0.2, -0.15) is 0 Å². The van der Waals surface area contributed by atoms with Crippen LogP contribution in [0.3, 0.4) is 0 Å². The van der Waals surface area contributed by atoms with Crippen molar-refractivity contribution in [1.82, 2.24) is 0 Å². The van der Waals surface area contributed by atoms with Gasteiger partial charge in [0.1, 0.15) is 0 Å². The van der Waals surface area contributed by atoms with E-state index in [1.54, 1.807) is 0 Å². The van der Waals surface area contributed by atoms with Crippen molar-refractivity contribution >= 4 is 22.6 Å². The number of alkyl halides is 1. The number of ether oxygens (including phenoxy) is 1. The van der Waals surface area contributed by atoms with Gasteiger partial charge in [0.25, 0.3) is 0 Å². The summed E-state index contributed by atoms with van der Waals surface area (Å²) in [7, 11) is 0. The van der Waals surface area contributed by atoms with Gasteiger partial charge in [0.05, 0.1) is 11.7 Å². The van der Waals surface area contributed by atoms with Crippen LogP contribution in [0.4, 0.5) is 0 Å². The van der Waals surface area contributed by atoms with Gasteiger partial charge in [0, 0.05) is 4.43 Å². The molecule has 0 radical (unpaired) electrons. The Hall–Kier alpha value is 0.690. The maximum Gasteiger partial charge on any atom is 0.0775 e. The fourth-order valence-corrected chi connectivity index (χ4v) is 3.95. The molecule has 0 saturated heterocycles. The summed E-state index contributed by atoms with van der Waals surface area (Å²) in [5.74, 6) is 0.934. The van der Waals surface area contributed by atoms with Crippen LogP contribution >= 0.6 is 22.6 Å². The molecule has 2 aliphatic carbocycles. The molecule has 0 unspecified atom stereocenters. The maximum absolute atomic E-state index is 6.43. The highest BCUT2D eigenvalue weighted by Crippen LogP contribution is 2.38. The van der Waals surface area contributed by atoms with Gasteiger partial charge in [-0.05, 0) is 44.4 Å². The van der Waals surface area contributed by atoms with E-state index in [0.717, 1.165) is 5.92 Å². The molecular weight excluding hydrogens is 299 g/mol. The van der Waals surface area contributed by atoms with E-state index in [1.165, 1.54) is 55.8 Å². The zero-order chi connectivity index (χ0) is 10.7. The first kappa shape index (κ1) is 12.2. The first-order chi connectivity index (χ1) is 7.24. The second-order valence-corrected chi connectivity index (χ2v) is 6.29. The number of halogens is 1. The third kappa shape index (κ3) is 3.09. The van der Waals surface area contributed by atoms with Crippen molar-refractivity contribution in [2.75, 3.05) is 4.43 Å². The Labute approximate surface area is 107 Å². The molecule has 0 aliphatic heterocycles. The lowest BCUT2D eigenvalue weighted by molar-refractivity contribution is -0.0898. The van der Waals surface area contributed by atoms with E-state index in [4.69, 9.17) is 4.74 Å². The van der Waals surface area contributed by atoms with Crippen molar-refractivity contribution in [3.63, 3.8) is 0 Å². The molecule has 88 valence electrons. The Kier molecular flexibility index (Phi) is 4.33. The molecule has 0 aromatic rings. The average Bonchev–Trinajstić information content (AvgIpc) is 2.71. The molecule has 2 fully saturated rings. The quantitative estimate of drug-likeness (QED) is 0.555. The number of hydrogen-bond donors (Lipinski definition) is 0. The van der Waals surface area contributed by atoms with Crippen molar-refractivity contribution < 1.29 is 4.74 Å². The summed E-state index contributed by atoms with van der Waals surface area (Å²) in [6.07, 6.45) is 11.3. The summed E-state index contributed by atoms with van der Waals surface area (Å²) in [5.41, 5.74) is 0.270. The Morgan fingerprint density at radius 1 is 1.13 bits per heavy atom. The van der Waals surface area contributed by atoms with Gasteiger partial charge >= 0.3 is 0 Å². The van der Waals surface area contributed by atoms with Gasteiger partial charge < -0.3 is 4.74 Å². The van der Waals surface area contributed by atoms with Crippen LogP contribution in [0, 0.1) is 5.92 Å². The monoisotopic (exact) mass is 322 g/mol. The Morgan fingerprint density at radius 2 is 1.73 bits per heavy atom. The maximum atomic E-state index is 6.43. The van der Waals surface area contributed by atoms with Crippen molar-refractivity contribution in [1.29, 1.82) is 0 Å². The lowest BCUT2D eigenvalue weighted by atomic mass is 9.88. The summed E-state index contributed by atoms with van der Waals surface area (Å²) >= 11 is 2.52. The molecule has 0 atom stereocenters. The fraction of sp³-hybridized carbons (Fsp3) is 1.00. The smallest absolute Gasteiger partial charge is 0.0775 e. The Morgan fingerprint density at radius 3 is 2.27 bits per heavy atom. The highest BCUT2D eigenvalue weighted by atomic mass is 127. The highest BCUT2D eigenvalue weighted by Gasteiger charge is 2.36. The van der Waals surface area contributed by atoms with Crippen LogP contribution in [0.5, 0.6) is 0 Å². The van der Waals surface area contributed by atoms with Gasteiger partial charge in [-0.25, -0.2) is 0 Å². The Balaban J connectivity index is 1.84. The molecule has 2 aliphatic rings. The van der Waals surface area contributed by atoms with Crippen LogP contribution in [0.2, 0.25) is 0 Å².